The largest absolute Gasteiger partial charge is 0.394 e. The number of aliphatic hydroxyl groups excluding tert-OH is 2. The van der Waals surface area contributed by atoms with E-state index in [2.05, 4.69) is 10.3 Å². The molecule has 2 aromatic carbocycles. The van der Waals surface area contributed by atoms with Crippen molar-refractivity contribution in [2.45, 2.75) is 33.9 Å². The van der Waals surface area contributed by atoms with Crippen molar-refractivity contribution < 1.29 is 15.0 Å². The second-order valence-corrected chi connectivity index (χ2v) is 6.89. The van der Waals surface area contributed by atoms with Gasteiger partial charge in [0.25, 0.3) is 5.91 Å². The molecule has 5 nitrogen and oxygen atoms in total. The number of aromatic nitrogens is 1. The average Bonchev–Trinajstić information content (AvgIpc) is 2.73. The van der Waals surface area contributed by atoms with Gasteiger partial charge in [-0.05, 0) is 60.4 Å². The van der Waals surface area contributed by atoms with E-state index in [4.69, 9.17) is 0 Å². The second-order valence-electron chi connectivity index (χ2n) is 6.89. The summed E-state index contributed by atoms with van der Waals surface area (Å²) in [6.07, 6.45) is 1.79. The van der Waals surface area contributed by atoms with Gasteiger partial charge >= 0.3 is 0 Å². The summed E-state index contributed by atoms with van der Waals surface area (Å²) >= 11 is 0. The quantitative estimate of drug-likeness (QED) is 0.593. The van der Waals surface area contributed by atoms with Gasteiger partial charge in [0, 0.05) is 23.4 Å². The van der Waals surface area contributed by atoms with E-state index in [0.29, 0.717) is 5.56 Å². The number of amides is 1. The Morgan fingerprint density at radius 3 is 2.45 bits per heavy atom. The van der Waals surface area contributed by atoms with Crippen LogP contribution < -0.4 is 5.32 Å². The fourth-order valence-electron chi connectivity index (χ4n) is 2.99. The van der Waals surface area contributed by atoms with Crippen molar-refractivity contribution in [3.63, 3.8) is 0 Å². The summed E-state index contributed by atoms with van der Waals surface area (Å²) in [4.78, 5) is 17.2. The van der Waals surface area contributed by atoms with Crippen LogP contribution in [0.15, 0.2) is 60.8 Å². The number of nitrogens with one attached hydrogen (secondary N) is 1. The van der Waals surface area contributed by atoms with Crippen molar-refractivity contribution in [3.05, 3.63) is 77.5 Å². The van der Waals surface area contributed by atoms with Crippen LogP contribution >= 0.6 is 0 Å². The van der Waals surface area contributed by atoms with Gasteiger partial charge in [0.05, 0.1) is 18.9 Å². The van der Waals surface area contributed by atoms with Crippen LogP contribution in [0.5, 0.6) is 0 Å². The number of carbonyl (C=O) groups is 1. The molecule has 1 aromatic heterocycles. The monoisotopic (exact) mass is 392 g/mol. The minimum atomic E-state index is -0.346. The van der Waals surface area contributed by atoms with E-state index in [9.17, 15) is 15.0 Å². The van der Waals surface area contributed by atoms with Crippen LogP contribution in [0.2, 0.25) is 0 Å². The molecular weight excluding hydrogens is 364 g/mol. The molecular formula is C24H28N2O3. The molecule has 1 amide bonds. The summed E-state index contributed by atoms with van der Waals surface area (Å²) in [5.74, 6) is -0.266. The summed E-state index contributed by atoms with van der Waals surface area (Å²) in [6.45, 7) is 3.49. The van der Waals surface area contributed by atoms with Crippen LogP contribution in [0.1, 0.15) is 35.8 Å². The van der Waals surface area contributed by atoms with Gasteiger partial charge in [-0.3, -0.25) is 9.78 Å². The highest BCUT2D eigenvalue weighted by Crippen LogP contribution is 2.30. The maximum Gasteiger partial charge on any atom is 0.251 e. The van der Waals surface area contributed by atoms with Crippen molar-refractivity contribution in [3.8, 4) is 22.4 Å². The lowest BCUT2D eigenvalue weighted by molar-refractivity contribution is 0.0922. The first-order valence-corrected chi connectivity index (χ1v) is 9.20. The molecule has 0 saturated heterocycles. The Labute approximate surface area is 172 Å². The Morgan fingerprint density at radius 2 is 1.79 bits per heavy atom. The molecule has 29 heavy (non-hydrogen) atoms. The lowest BCUT2D eigenvalue weighted by atomic mass is 9.94. The Bertz CT molecular complexity index is 968. The third kappa shape index (κ3) is 5.28. The number of rotatable bonds is 6. The number of benzene rings is 2. The van der Waals surface area contributed by atoms with Crippen molar-refractivity contribution >= 4 is 5.91 Å². The zero-order valence-corrected chi connectivity index (χ0v) is 16.0. The molecule has 0 unspecified atom stereocenters. The molecule has 0 radical (unpaired) electrons. The zero-order chi connectivity index (χ0) is 20.1. The lowest BCUT2D eigenvalue weighted by Crippen LogP contribution is -2.35. The first kappa shape index (κ1) is 22.3. The van der Waals surface area contributed by atoms with E-state index in [0.717, 1.165) is 33.5 Å². The predicted molar refractivity (Wildman–Crippen MR) is 117 cm³/mol. The molecule has 0 aliphatic rings. The van der Waals surface area contributed by atoms with Gasteiger partial charge < -0.3 is 15.5 Å². The third-order valence-electron chi connectivity index (χ3n) is 4.55. The molecule has 1 atom stereocenters. The first-order chi connectivity index (χ1) is 13.5. The second kappa shape index (κ2) is 9.96. The van der Waals surface area contributed by atoms with Crippen molar-refractivity contribution in [1.82, 2.24) is 10.3 Å². The minimum Gasteiger partial charge on any atom is -0.394 e. The highest BCUT2D eigenvalue weighted by Gasteiger charge is 2.14. The number of aryl methyl sites for hydroxylation is 1. The van der Waals surface area contributed by atoms with Gasteiger partial charge in [-0.15, -0.1) is 0 Å². The van der Waals surface area contributed by atoms with Crippen LogP contribution in [0, 0.1) is 6.92 Å². The van der Waals surface area contributed by atoms with Gasteiger partial charge in [-0.1, -0.05) is 37.8 Å². The first-order valence-electron chi connectivity index (χ1n) is 9.20. The van der Waals surface area contributed by atoms with Gasteiger partial charge in [-0.25, -0.2) is 0 Å². The van der Waals surface area contributed by atoms with E-state index < -0.39 is 0 Å². The number of hydrogen-bond acceptors (Lipinski definition) is 4. The SMILES string of the molecule is C.Cc1ccc(-c2cc(C(=O)N[C@@H](C)CO)cc(-c3ccccc3CO)c2)nc1. The molecule has 3 aromatic rings. The molecule has 3 N–H and O–H groups in total. The molecule has 3 rings (SSSR count). The number of nitrogens with zero attached hydrogens (tertiary/aromatic N) is 1. The van der Waals surface area contributed by atoms with Crippen LogP contribution in [0.3, 0.4) is 0 Å². The summed E-state index contributed by atoms with van der Waals surface area (Å²) in [7, 11) is 0. The summed E-state index contributed by atoms with van der Waals surface area (Å²) in [6, 6.07) is 16.7. The smallest absolute Gasteiger partial charge is 0.251 e. The molecule has 1 heterocycles. The van der Waals surface area contributed by atoms with Gasteiger partial charge in [0.15, 0.2) is 0 Å². The van der Waals surface area contributed by atoms with Gasteiger partial charge in [-0.2, -0.15) is 0 Å². The fraction of sp³-hybridized carbons (Fsp3) is 0.250. The lowest BCUT2D eigenvalue weighted by Gasteiger charge is -2.15. The molecule has 0 fully saturated rings. The number of carbonyl (C=O) groups excluding carboxylic acids is 1. The molecule has 0 aliphatic heterocycles. The van der Waals surface area contributed by atoms with Crippen LogP contribution in [0.25, 0.3) is 22.4 Å². The molecule has 0 saturated carbocycles. The van der Waals surface area contributed by atoms with Crippen LogP contribution in [-0.4, -0.2) is 33.8 Å². The Hall–Kier alpha value is -3.02. The summed E-state index contributed by atoms with van der Waals surface area (Å²) < 4.78 is 0. The fourth-order valence-corrected chi connectivity index (χ4v) is 2.99. The molecule has 0 bridgehead atoms. The third-order valence-corrected chi connectivity index (χ3v) is 4.55. The van der Waals surface area contributed by atoms with E-state index in [1.807, 2.05) is 49.4 Å². The van der Waals surface area contributed by atoms with E-state index in [1.54, 1.807) is 25.3 Å². The van der Waals surface area contributed by atoms with Gasteiger partial charge in [0.1, 0.15) is 0 Å². The number of pyridine rings is 1. The predicted octanol–water partition coefficient (Wildman–Crippen LogP) is 3.96. The summed E-state index contributed by atoms with van der Waals surface area (Å²) in [5.41, 5.74) is 5.58. The molecule has 152 valence electrons. The standard InChI is InChI=1S/C23H24N2O3.CH4/c1-15-7-8-22(24-12-15)19-9-18(21-6-4-3-5-17(21)14-27)10-20(11-19)23(28)25-16(2)13-26;/h3-12,16,26-27H,13-14H2,1-2H3,(H,25,28);1H4/t16-;/m0./s1. The zero-order valence-electron chi connectivity index (χ0n) is 16.0. The topological polar surface area (TPSA) is 82.5 Å². The molecule has 0 spiro atoms. The van der Waals surface area contributed by atoms with Gasteiger partial charge in [0.2, 0.25) is 0 Å². The van der Waals surface area contributed by atoms with E-state index in [1.165, 1.54) is 0 Å². The maximum atomic E-state index is 12.7. The Morgan fingerprint density at radius 1 is 1.07 bits per heavy atom. The van der Waals surface area contributed by atoms with E-state index in [-0.39, 0.29) is 32.6 Å². The normalized spacial score (nSPS) is 11.4. The van der Waals surface area contributed by atoms with Crippen LogP contribution in [0.4, 0.5) is 0 Å². The maximum absolute atomic E-state index is 12.7. The van der Waals surface area contributed by atoms with Crippen molar-refractivity contribution in [2.24, 2.45) is 0 Å². The number of aliphatic hydroxyl groups is 2. The summed E-state index contributed by atoms with van der Waals surface area (Å²) in [5, 5.41) is 21.7. The Kier molecular flexibility index (Phi) is 7.65. The minimum absolute atomic E-state index is 0. The molecule has 0 aliphatic carbocycles. The van der Waals surface area contributed by atoms with Crippen molar-refractivity contribution in [1.29, 1.82) is 0 Å². The van der Waals surface area contributed by atoms with Crippen molar-refractivity contribution in [2.75, 3.05) is 6.61 Å². The number of hydrogen-bond donors (Lipinski definition) is 3. The molecule has 5 heteroatoms. The van der Waals surface area contributed by atoms with E-state index >= 15 is 0 Å². The highest BCUT2D eigenvalue weighted by atomic mass is 16.3. The van der Waals surface area contributed by atoms with Crippen LogP contribution in [-0.2, 0) is 6.61 Å². The highest BCUT2D eigenvalue weighted by molar-refractivity contribution is 5.97. The Balaban J connectivity index is 0.00000300. The average molecular weight is 392 g/mol.